The fourth-order valence-corrected chi connectivity index (χ4v) is 2.89. The summed E-state index contributed by atoms with van der Waals surface area (Å²) >= 11 is 3.37. The summed E-state index contributed by atoms with van der Waals surface area (Å²) < 4.78 is 2.46. The molecule has 2 aromatic heterocycles. The standard InChI is InChI=1S/C14H16BrN3O/c15-11-4-5-13-16-12(8-14(19)18(13)9-11)10-17-6-2-1-3-7-17/h4-5,8-9H,1-3,6-7,10H2. The molecule has 4 nitrogen and oxygen atoms in total. The number of likely N-dealkylation sites (tertiary alicyclic amines) is 1. The van der Waals surface area contributed by atoms with Crippen molar-refractivity contribution in [3.63, 3.8) is 0 Å². The van der Waals surface area contributed by atoms with Gasteiger partial charge in [0, 0.05) is 23.3 Å². The molecule has 1 aliphatic rings. The van der Waals surface area contributed by atoms with Crippen LogP contribution in [0.4, 0.5) is 0 Å². The van der Waals surface area contributed by atoms with Crippen molar-refractivity contribution in [3.8, 4) is 0 Å². The largest absolute Gasteiger partial charge is 0.298 e. The van der Waals surface area contributed by atoms with Gasteiger partial charge in [0.05, 0.1) is 5.69 Å². The highest BCUT2D eigenvalue weighted by molar-refractivity contribution is 9.10. The maximum absolute atomic E-state index is 12.1. The molecule has 1 aliphatic heterocycles. The average molecular weight is 322 g/mol. The zero-order valence-electron chi connectivity index (χ0n) is 10.7. The van der Waals surface area contributed by atoms with Gasteiger partial charge in [0.2, 0.25) is 0 Å². The fourth-order valence-electron chi connectivity index (χ4n) is 2.55. The van der Waals surface area contributed by atoms with E-state index in [4.69, 9.17) is 0 Å². The first-order valence-electron chi connectivity index (χ1n) is 6.62. The second kappa shape index (κ2) is 5.43. The maximum Gasteiger partial charge on any atom is 0.258 e. The zero-order valence-corrected chi connectivity index (χ0v) is 12.3. The molecule has 5 heteroatoms. The molecule has 0 unspecified atom stereocenters. The lowest BCUT2D eigenvalue weighted by molar-refractivity contribution is 0.218. The minimum Gasteiger partial charge on any atom is -0.298 e. The van der Waals surface area contributed by atoms with Crippen molar-refractivity contribution in [1.82, 2.24) is 14.3 Å². The first-order valence-corrected chi connectivity index (χ1v) is 7.42. The number of fused-ring (bicyclic) bond motifs is 1. The molecule has 0 amide bonds. The first kappa shape index (κ1) is 12.8. The minimum absolute atomic E-state index is 0.0155. The van der Waals surface area contributed by atoms with Crippen LogP contribution in [0.3, 0.4) is 0 Å². The van der Waals surface area contributed by atoms with E-state index < -0.39 is 0 Å². The molecule has 0 saturated carbocycles. The molecule has 1 fully saturated rings. The van der Waals surface area contributed by atoms with Crippen molar-refractivity contribution in [1.29, 1.82) is 0 Å². The Morgan fingerprint density at radius 2 is 2.00 bits per heavy atom. The molecule has 0 N–H and O–H groups in total. The Morgan fingerprint density at radius 3 is 2.79 bits per heavy atom. The van der Waals surface area contributed by atoms with Gasteiger partial charge >= 0.3 is 0 Å². The average Bonchev–Trinajstić information content (AvgIpc) is 2.41. The van der Waals surface area contributed by atoms with Gasteiger partial charge in [-0.05, 0) is 54.0 Å². The van der Waals surface area contributed by atoms with Crippen LogP contribution < -0.4 is 5.56 Å². The maximum atomic E-state index is 12.1. The Balaban J connectivity index is 1.92. The van der Waals surface area contributed by atoms with E-state index in [1.807, 2.05) is 12.1 Å². The lowest BCUT2D eigenvalue weighted by Gasteiger charge is -2.25. The number of hydrogen-bond acceptors (Lipinski definition) is 3. The van der Waals surface area contributed by atoms with Crippen LogP contribution in [0, 0.1) is 0 Å². The number of pyridine rings is 1. The summed E-state index contributed by atoms with van der Waals surface area (Å²) in [5.41, 5.74) is 1.57. The van der Waals surface area contributed by atoms with Crippen molar-refractivity contribution in [2.45, 2.75) is 25.8 Å². The molecule has 0 spiro atoms. The van der Waals surface area contributed by atoms with Crippen LogP contribution in [0.25, 0.3) is 5.65 Å². The third kappa shape index (κ3) is 2.87. The summed E-state index contributed by atoms with van der Waals surface area (Å²) in [6.07, 6.45) is 5.58. The van der Waals surface area contributed by atoms with Crippen LogP contribution in [-0.4, -0.2) is 27.4 Å². The van der Waals surface area contributed by atoms with E-state index in [1.54, 1.807) is 16.7 Å². The minimum atomic E-state index is -0.0155. The van der Waals surface area contributed by atoms with Crippen LogP contribution in [0.1, 0.15) is 25.0 Å². The molecule has 3 heterocycles. The topological polar surface area (TPSA) is 37.6 Å². The lowest BCUT2D eigenvalue weighted by Crippen LogP contribution is -2.30. The number of nitrogens with zero attached hydrogens (tertiary/aromatic N) is 3. The molecule has 2 aromatic rings. The van der Waals surface area contributed by atoms with E-state index in [0.717, 1.165) is 29.8 Å². The molecule has 0 radical (unpaired) electrons. The molecule has 1 saturated heterocycles. The normalized spacial score (nSPS) is 16.9. The molecule has 100 valence electrons. The lowest BCUT2D eigenvalue weighted by atomic mass is 10.1. The van der Waals surface area contributed by atoms with Crippen molar-refractivity contribution < 1.29 is 0 Å². The SMILES string of the molecule is O=c1cc(CN2CCCCC2)nc2ccc(Br)cn12. The molecule has 3 rings (SSSR count). The van der Waals surface area contributed by atoms with Gasteiger partial charge in [-0.1, -0.05) is 6.42 Å². The van der Waals surface area contributed by atoms with E-state index in [2.05, 4.69) is 25.8 Å². The molecular formula is C14H16BrN3O. The second-order valence-corrected chi connectivity index (χ2v) is 5.91. The van der Waals surface area contributed by atoms with E-state index in [0.29, 0.717) is 5.65 Å². The van der Waals surface area contributed by atoms with Gasteiger partial charge in [-0.2, -0.15) is 0 Å². The molecule has 19 heavy (non-hydrogen) atoms. The Morgan fingerprint density at radius 1 is 1.21 bits per heavy atom. The number of halogens is 1. The molecule has 0 atom stereocenters. The van der Waals surface area contributed by atoms with Gasteiger partial charge in [0.1, 0.15) is 5.65 Å². The Kier molecular flexibility index (Phi) is 3.66. The highest BCUT2D eigenvalue weighted by atomic mass is 79.9. The van der Waals surface area contributed by atoms with E-state index in [9.17, 15) is 4.79 Å². The van der Waals surface area contributed by atoms with Crippen LogP contribution in [0.5, 0.6) is 0 Å². The van der Waals surface area contributed by atoms with E-state index in [-0.39, 0.29) is 5.56 Å². The van der Waals surface area contributed by atoms with Gasteiger partial charge in [0.15, 0.2) is 0 Å². The summed E-state index contributed by atoms with van der Waals surface area (Å²) in [5.74, 6) is 0. The highest BCUT2D eigenvalue weighted by Crippen LogP contribution is 2.13. The van der Waals surface area contributed by atoms with Crippen LogP contribution in [0.15, 0.2) is 33.7 Å². The summed E-state index contributed by atoms with van der Waals surface area (Å²) in [6, 6.07) is 5.42. The smallest absolute Gasteiger partial charge is 0.258 e. The summed E-state index contributed by atoms with van der Waals surface area (Å²) in [5, 5.41) is 0. The summed E-state index contributed by atoms with van der Waals surface area (Å²) in [7, 11) is 0. The van der Waals surface area contributed by atoms with Crippen LogP contribution in [-0.2, 0) is 6.54 Å². The number of hydrogen-bond donors (Lipinski definition) is 0. The Hall–Kier alpha value is -1.20. The molecule has 0 bridgehead atoms. The predicted molar refractivity (Wildman–Crippen MR) is 78.3 cm³/mol. The number of aromatic nitrogens is 2. The van der Waals surface area contributed by atoms with Gasteiger partial charge in [-0.15, -0.1) is 0 Å². The van der Waals surface area contributed by atoms with Gasteiger partial charge in [0.25, 0.3) is 5.56 Å². The number of rotatable bonds is 2. The Labute approximate surface area is 120 Å². The Bertz CT molecular complexity index is 647. The summed E-state index contributed by atoms with van der Waals surface area (Å²) in [4.78, 5) is 19.0. The molecule has 0 aromatic carbocycles. The third-order valence-electron chi connectivity index (χ3n) is 3.51. The van der Waals surface area contributed by atoms with E-state index >= 15 is 0 Å². The van der Waals surface area contributed by atoms with Crippen molar-refractivity contribution in [2.24, 2.45) is 0 Å². The monoisotopic (exact) mass is 321 g/mol. The quantitative estimate of drug-likeness (QED) is 0.852. The van der Waals surface area contributed by atoms with Crippen LogP contribution >= 0.6 is 15.9 Å². The van der Waals surface area contributed by atoms with Gasteiger partial charge in [-0.25, -0.2) is 4.98 Å². The second-order valence-electron chi connectivity index (χ2n) is 5.00. The van der Waals surface area contributed by atoms with Crippen molar-refractivity contribution in [2.75, 3.05) is 13.1 Å². The van der Waals surface area contributed by atoms with E-state index in [1.165, 1.54) is 19.3 Å². The summed E-state index contributed by atoms with van der Waals surface area (Å²) in [6.45, 7) is 3.00. The molecular weight excluding hydrogens is 306 g/mol. The number of piperidine rings is 1. The van der Waals surface area contributed by atoms with Gasteiger partial charge in [-0.3, -0.25) is 14.1 Å². The van der Waals surface area contributed by atoms with Crippen molar-refractivity contribution in [3.05, 3.63) is 44.9 Å². The highest BCUT2D eigenvalue weighted by Gasteiger charge is 2.12. The predicted octanol–water partition coefficient (Wildman–Crippen LogP) is 2.44. The third-order valence-corrected chi connectivity index (χ3v) is 3.98. The first-order chi connectivity index (χ1) is 9.22. The van der Waals surface area contributed by atoms with Crippen LogP contribution in [0.2, 0.25) is 0 Å². The van der Waals surface area contributed by atoms with Gasteiger partial charge < -0.3 is 0 Å². The van der Waals surface area contributed by atoms with Crippen molar-refractivity contribution >= 4 is 21.6 Å². The zero-order chi connectivity index (χ0) is 13.2. The molecule has 0 aliphatic carbocycles. The fraction of sp³-hybridized carbons (Fsp3) is 0.429.